The van der Waals surface area contributed by atoms with Crippen LogP contribution in [0.3, 0.4) is 0 Å². The third kappa shape index (κ3) is 6.43. The van der Waals surface area contributed by atoms with Gasteiger partial charge in [-0.05, 0) is 59.8 Å². The highest BCUT2D eigenvalue weighted by Crippen LogP contribution is 2.29. The number of ether oxygens (including phenoxy) is 2. The van der Waals surface area contributed by atoms with Gasteiger partial charge in [0.05, 0.1) is 19.2 Å². The highest BCUT2D eigenvalue weighted by Gasteiger charge is 2.07. The molecule has 0 aliphatic carbocycles. The summed E-state index contributed by atoms with van der Waals surface area (Å²) < 4.78 is 24.4. The van der Waals surface area contributed by atoms with E-state index < -0.39 is 0 Å². The first-order chi connectivity index (χ1) is 14.1. The molecule has 0 bridgehead atoms. The lowest BCUT2D eigenvalue weighted by Crippen LogP contribution is -2.19. The van der Waals surface area contributed by atoms with E-state index in [1.165, 1.54) is 18.3 Å². The predicted octanol–water partition coefficient (Wildman–Crippen LogP) is 4.56. The van der Waals surface area contributed by atoms with Gasteiger partial charge in [-0.1, -0.05) is 18.2 Å². The topological polar surface area (TPSA) is 59.9 Å². The van der Waals surface area contributed by atoms with Gasteiger partial charge in [-0.2, -0.15) is 5.10 Å². The predicted molar refractivity (Wildman–Crippen MR) is 112 cm³/mol. The molecule has 1 N–H and O–H groups in total. The molecule has 29 heavy (non-hydrogen) atoms. The van der Waals surface area contributed by atoms with Gasteiger partial charge in [0.2, 0.25) is 5.91 Å². The van der Waals surface area contributed by atoms with Crippen LogP contribution in [0, 0.1) is 5.82 Å². The molecule has 0 saturated carbocycles. The number of amides is 1. The molecule has 0 atom stereocenters. The molecule has 1 amide bonds. The fourth-order valence-electron chi connectivity index (χ4n) is 2.54. The molecule has 1 aromatic heterocycles. The molecule has 7 heteroatoms. The third-order valence-electron chi connectivity index (χ3n) is 3.90. The molecule has 0 spiro atoms. The lowest BCUT2D eigenvalue weighted by molar-refractivity contribution is -0.120. The summed E-state index contributed by atoms with van der Waals surface area (Å²) in [7, 11) is 0. The minimum Gasteiger partial charge on any atom is -0.490 e. The Hall–Kier alpha value is -3.19. The first-order valence-corrected chi connectivity index (χ1v) is 10.0. The summed E-state index contributed by atoms with van der Waals surface area (Å²) in [4.78, 5) is 13.1. The molecule has 0 aliphatic heterocycles. The van der Waals surface area contributed by atoms with Gasteiger partial charge in [0.1, 0.15) is 12.4 Å². The van der Waals surface area contributed by atoms with Gasteiger partial charge >= 0.3 is 0 Å². The van der Waals surface area contributed by atoms with Crippen molar-refractivity contribution in [2.24, 2.45) is 5.10 Å². The van der Waals surface area contributed by atoms with E-state index >= 15 is 0 Å². The van der Waals surface area contributed by atoms with Crippen molar-refractivity contribution in [3.63, 3.8) is 0 Å². The third-order valence-corrected chi connectivity index (χ3v) is 4.75. The summed E-state index contributed by atoms with van der Waals surface area (Å²) in [5.74, 6) is 0.650. The van der Waals surface area contributed by atoms with Crippen LogP contribution in [0.15, 0.2) is 65.1 Å². The molecule has 0 unspecified atom stereocenters. The lowest BCUT2D eigenvalue weighted by atomic mass is 10.1. The van der Waals surface area contributed by atoms with Crippen LogP contribution in [0.4, 0.5) is 4.39 Å². The van der Waals surface area contributed by atoms with E-state index in [1.54, 1.807) is 23.5 Å². The van der Waals surface area contributed by atoms with Gasteiger partial charge in [0.15, 0.2) is 11.5 Å². The second-order valence-electron chi connectivity index (χ2n) is 6.10. The minimum atomic E-state index is -0.333. The lowest BCUT2D eigenvalue weighted by Gasteiger charge is -2.12. The van der Waals surface area contributed by atoms with Crippen LogP contribution in [0.1, 0.15) is 22.9 Å². The van der Waals surface area contributed by atoms with Gasteiger partial charge in [0, 0.05) is 4.88 Å². The van der Waals surface area contributed by atoms with E-state index in [0.29, 0.717) is 30.3 Å². The van der Waals surface area contributed by atoms with Crippen molar-refractivity contribution in [1.29, 1.82) is 0 Å². The number of benzene rings is 2. The van der Waals surface area contributed by atoms with Crippen LogP contribution in [0.25, 0.3) is 0 Å². The smallest absolute Gasteiger partial charge is 0.244 e. The maximum absolute atomic E-state index is 12.9. The summed E-state index contributed by atoms with van der Waals surface area (Å²) >= 11 is 1.63. The molecule has 3 aromatic rings. The zero-order valence-corrected chi connectivity index (χ0v) is 16.7. The standard InChI is InChI=1S/C22H21FN2O3S/c1-2-27-21-12-17(7-10-20(21)28-15-19-4-3-11-29-19)14-24-25-22(26)13-16-5-8-18(23)9-6-16/h3-12,14H,2,13,15H2,1H3,(H,25,26)/b24-14-. The normalized spacial score (nSPS) is 10.8. The number of nitrogens with one attached hydrogen (secondary N) is 1. The van der Waals surface area contributed by atoms with E-state index in [4.69, 9.17) is 9.47 Å². The van der Waals surface area contributed by atoms with Crippen LogP contribution in [-0.2, 0) is 17.8 Å². The van der Waals surface area contributed by atoms with Gasteiger partial charge in [-0.25, -0.2) is 9.82 Å². The fraction of sp³-hybridized carbons (Fsp3) is 0.182. The van der Waals surface area contributed by atoms with E-state index in [2.05, 4.69) is 10.5 Å². The zero-order valence-electron chi connectivity index (χ0n) is 15.9. The fourth-order valence-corrected chi connectivity index (χ4v) is 3.16. The number of thiophene rings is 1. The SMILES string of the molecule is CCOc1cc(/C=N\NC(=O)Cc2ccc(F)cc2)ccc1OCc1cccs1. The number of hydrazone groups is 1. The van der Waals surface area contributed by atoms with Crippen LogP contribution >= 0.6 is 11.3 Å². The van der Waals surface area contributed by atoms with Crippen molar-refractivity contribution < 1.29 is 18.7 Å². The van der Waals surface area contributed by atoms with Crippen molar-refractivity contribution in [2.45, 2.75) is 20.0 Å². The van der Waals surface area contributed by atoms with Crippen LogP contribution in [-0.4, -0.2) is 18.7 Å². The second kappa shape index (κ2) is 10.4. The minimum absolute atomic E-state index is 0.122. The average molecular weight is 412 g/mol. The summed E-state index contributed by atoms with van der Waals surface area (Å²) in [5.41, 5.74) is 3.95. The number of halogens is 1. The van der Waals surface area contributed by atoms with Crippen molar-refractivity contribution in [1.82, 2.24) is 5.43 Å². The Morgan fingerprint density at radius 3 is 2.69 bits per heavy atom. The molecule has 150 valence electrons. The largest absolute Gasteiger partial charge is 0.490 e. The Bertz CT molecular complexity index is 957. The first kappa shape index (κ1) is 20.5. The van der Waals surface area contributed by atoms with E-state index in [-0.39, 0.29) is 18.1 Å². The van der Waals surface area contributed by atoms with Crippen LogP contribution in [0.2, 0.25) is 0 Å². The summed E-state index contributed by atoms with van der Waals surface area (Å²) in [6.07, 6.45) is 1.66. The molecule has 5 nitrogen and oxygen atoms in total. The van der Waals surface area contributed by atoms with E-state index in [0.717, 1.165) is 10.4 Å². The molecule has 0 aliphatic rings. The quantitative estimate of drug-likeness (QED) is 0.414. The van der Waals surface area contributed by atoms with Gasteiger partial charge in [-0.3, -0.25) is 4.79 Å². The number of carbonyl (C=O) groups excluding carboxylic acids is 1. The maximum Gasteiger partial charge on any atom is 0.244 e. The molecular weight excluding hydrogens is 391 g/mol. The summed E-state index contributed by atoms with van der Waals surface area (Å²) in [6, 6.07) is 15.2. The van der Waals surface area contributed by atoms with Crippen LogP contribution < -0.4 is 14.9 Å². The molecule has 0 saturated heterocycles. The summed E-state index contributed by atoms with van der Waals surface area (Å²) in [6.45, 7) is 2.88. The van der Waals surface area contributed by atoms with Gasteiger partial charge in [-0.15, -0.1) is 11.3 Å². The molecule has 0 fully saturated rings. The van der Waals surface area contributed by atoms with Crippen molar-refractivity contribution in [2.75, 3.05) is 6.61 Å². The average Bonchev–Trinajstić information content (AvgIpc) is 3.23. The molecule has 1 heterocycles. The van der Waals surface area contributed by atoms with Crippen LogP contribution in [0.5, 0.6) is 11.5 Å². The molecule has 3 rings (SSSR count). The Morgan fingerprint density at radius 1 is 1.14 bits per heavy atom. The Balaban J connectivity index is 1.58. The highest BCUT2D eigenvalue weighted by molar-refractivity contribution is 7.09. The number of nitrogens with zero attached hydrogens (tertiary/aromatic N) is 1. The van der Waals surface area contributed by atoms with Crippen molar-refractivity contribution >= 4 is 23.5 Å². The number of carbonyl (C=O) groups is 1. The molecule has 0 radical (unpaired) electrons. The monoisotopic (exact) mass is 412 g/mol. The zero-order chi connectivity index (χ0) is 20.5. The molecule has 2 aromatic carbocycles. The van der Waals surface area contributed by atoms with Gasteiger partial charge in [0.25, 0.3) is 0 Å². The van der Waals surface area contributed by atoms with Crippen molar-refractivity contribution in [3.8, 4) is 11.5 Å². The Kier molecular flexibility index (Phi) is 7.35. The second-order valence-corrected chi connectivity index (χ2v) is 7.14. The summed E-state index contributed by atoms with van der Waals surface area (Å²) in [5, 5.41) is 5.99. The van der Waals surface area contributed by atoms with Crippen molar-refractivity contribution in [3.05, 3.63) is 81.8 Å². The highest BCUT2D eigenvalue weighted by atomic mass is 32.1. The Labute approximate surface area is 172 Å². The first-order valence-electron chi connectivity index (χ1n) is 9.12. The number of hydrogen-bond acceptors (Lipinski definition) is 5. The van der Waals surface area contributed by atoms with E-state index in [1.807, 2.05) is 42.6 Å². The number of hydrogen-bond donors (Lipinski definition) is 1. The van der Waals surface area contributed by atoms with Gasteiger partial charge < -0.3 is 9.47 Å². The number of rotatable bonds is 9. The van der Waals surface area contributed by atoms with E-state index in [9.17, 15) is 9.18 Å². The molecular formula is C22H21FN2O3S. The maximum atomic E-state index is 12.9. The Morgan fingerprint density at radius 2 is 1.97 bits per heavy atom.